The third kappa shape index (κ3) is 4.79. The number of hydrogen-bond acceptors (Lipinski definition) is 5. The van der Waals surface area contributed by atoms with Gasteiger partial charge >= 0.3 is 5.97 Å². The normalized spacial score (nSPS) is 15.7. The summed E-state index contributed by atoms with van der Waals surface area (Å²) in [5.74, 6) is -2.75. The summed E-state index contributed by atoms with van der Waals surface area (Å²) in [5.41, 5.74) is 8.04. The molecule has 8 heteroatoms. The number of carbonyl (C=O) groups is 2. The standard InChI is InChI=1S/C9H18N4O4/c1-9(17,7(15)16)6(14)5(10)3-2-4-13-8(11)12/h5,17H,2-4,10H2,1H3,(H,15,16)(H4,11,12,13)/t5-,9?/m0/s1. The lowest BCUT2D eigenvalue weighted by Crippen LogP contribution is -2.51. The van der Waals surface area contributed by atoms with Crippen molar-refractivity contribution in [2.75, 3.05) is 6.54 Å². The third-order valence-corrected chi connectivity index (χ3v) is 2.24. The Morgan fingerprint density at radius 3 is 2.47 bits per heavy atom. The van der Waals surface area contributed by atoms with Gasteiger partial charge in [-0.3, -0.25) is 10.2 Å². The molecule has 17 heavy (non-hydrogen) atoms. The number of hydrogen-bond donors (Lipinski definition) is 6. The largest absolute Gasteiger partial charge is 0.479 e. The van der Waals surface area contributed by atoms with Gasteiger partial charge in [0.25, 0.3) is 0 Å². The van der Waals surface area contributed by atoms with Crippen molar-refractivity contribution in [3.8, 4) is 0 Å². The van der Waals surface area contributed by atoms with Crippen LogP contribution in [0.1, 0.15) is 19.8 Å². The molecule has 8 nitrogen and oxygen atoms in total. The Kier molecular flexibility index (Phi) is 5.56. The molecule has 0 radical (unpaired) electrons. The van der Waals surface area contributed by atoms with Crippen LogP contribution < -0.4 is 16.8 Å². The fourth-order valence-corrected chi connectivity index (χ4v) is 1.14. The van der Waals surface area contributed by atoms with Gasteiger partial charge in [0.15, 0.2) is 11.7 Å². The highest BCUT2D eigenvalue weighted by Gasteiger charge is 2.41. The van der Waals surface area contributed by atoms with Gasteiger partial charge < -0.3 is 27.0 Å². The van der Waals surface area contributed by atoms with E-state index in [0.29, 0.717) is 13.0 Å². The van der Waals surface area contributed by atoms with Gasteiger partial charge in [-0.2, -0.15) is 0 Å². The average Bonchev–Trinajstić information content (AvgIpc) is 2.22. The van der Waals surface area contributed by atoms with E-state index in [-0.39, 0.29) is 12.4 Å². The predicted octanol–water partition coefficient (Wildman–Crippen LogP) is -2.02. The Labute approximate surface area is 98.5 Å². The van der Waals surface area contributed by atoms with E-state index >= 15 is 0 Å². The van der Waals surface area contributed by atoms with E-state index in [4.69, 9.17) is 22.0 Å². The van der Waals surface area contributed by atoms with Crippen LogP contribution in [-0.2, 0) is 9.59 Å². The van der Waals surface area contributed by atoms with E-state index in [1.54, 1.807) is 0 Å². The highest BCUT2D eigenvalue weighted by molar-refractivity contribution is 6.08. The Bertz CT molecular complexity index is 316. The lowest BCUT2D eigenvalue weighted by atomic mass is 9.93. The number of aliphatic carboxylic acids is 1. The molecule has 0 aliphatic rings. The number of ketones is 1. The topological polar surface area (TPSA) is 163 Å². The maximum Gasteiger partial charge on any atom is 0.343 e. The third-order valence-electron chi connectivity index (χ3n) is 2.24. The summed E-state index contributed by atoms with van der Waals surface area (Å²) in [4.78, 5) is 22.1. The molecular weight excluding hydrogens is 228 g/mol. The zero-order valence-electron chi connectivity index (χ0n) is 9.56. The maximum absolute atomic E-state index is 11.5. The van der Waals surface area contributed by atoms with Crippen molar-refractivity contribution >= 4 is 17.7 Å². The number of Topliss-reactive ketones (excluding diaryl/α,β-unsaturated/α-hetero) is 1. The summed E-state index contributed by atoms with van der Waals surface area (Å²) < 4.78 is 0. The van der Waals surface area contributed by atoms with Gasteiger partial charge in [-0.1, -0.05) is 0 Å². The number of carboxylic acid groups (broad SMARTS) is 1. The molecule has 2 atom stereocenters. The first-order chi connectivity index (χ1) is 7.69. The maximum atomic E-state index is 11.5. The molecule has 0 heterocycles. The van der Waals surface area contributed by atoms with Crippen LogP contribution in [0, 0.1) is 5.41 Å². The van der Waals surface area contributed by atoms with Crippen molar-refractivity contribution in [2.45, 2.75) is 31.4 Å². The lowest BCUT2D eigenvalue weighted by molar-refractivity contribution is -0.163. The smallest absolute Gasteiger partial charge is 0.343 e. The first-order valence-corrected chi connectivity index (χ1v) is 5.03. The molecule has 0 bridgehead atoms. The van der Waals surface area contributed by atoms with E-state index < -0.39 is 23.4 Å². The number of nitrogens with one attached hydrogen (secondary N) is 2. The zero-order chi connectivity index (χ0) is 13.6. The summed E-state index contributed by atoms with van der Waals surface area (Å²) in [5, 5.41) is 27.4. The van der Waals surface area contributed by atoms with Gasteiger partial charge in [0, 0.05) is 6.54 Å². The SMILES string of the molecule is CC(O)(C(=O)O)C(=O)[C@@H](N)CCCNC(=N)N. The van der Waals surface area contributed by atoms with Gasteiger partial charge in [0.1, 0.15) is 0 Å². The van der Waals surface area contributed by atoms with Crippen molar-refractivity contribution in [3.63, 3.8) is 0 Å². The van der Waals surface area contributed by atoms with Crippen LogP contribution in [0.2, 0.25) is 0 Å². The zero-order valence-corrected chi connectivity index (χ0v) is 9.56. The molecule has 0 aromatic carbocycles. The van der Waals surface area contributed by atoms with Gasteiger partial charge in [0.2, 0.25) is 5.60 Å². The van der Waals surface area contributed by atoms with E-state index in [0.717, 1.165) is 6.92 Å². The molecule has 98 valence electrons. The van der Waals surface area contributed by atoms with Crippen molar-refractivity contribution in [2.24, 2.45) is 11.5 Å². The first kappa shape index (κ1) is 15.3. The molecule has 0 saturated heterocycles. The van der Waals surface area contributed by atoms with Crippen LogP contribution in [-0.4, -0.2) is 46.1 Å². The minimum atomic E-state index is -2.46. The van der Waals surface area contributed by atoms with Crippen LogP contribution >= 0.6 is 0 Å². The Balaban J connectivity index is 4.15. The average molecular weight is 246 g/mol. The number of nitrogens with two attached hydrogens (primary N) is 2. The quantitative estimate of drug-likeness (QED) is 0.131. The van der Waals surface area contributed by atoms with Crippen LogP contribution in [0.15, 0.2) is 0 Å². The summed E-state index contributed by atoms with van der Waals surface area (Å²) in [6, 6.07) is -1.06. The Morgan fingerprint density at radius 1 is 1.53 bits per heavy atom. The second-order valence-corrected chi connectivity index (χ2v) is 3.83. The highest BCUT2D eigenvalue weighted by Crippen LogP contribution is 2.10. The molecule has 0 aromatic rings. The molecule has 0 amide bonds. The number of guanidine groups is 1. The van der Waals surface area contributed by atoms with E-state index in [2.05, 4.69) is 5.32 Å². The highest BCUT2D eigenvalue weighted by atomic mass is 16.4. The second kappa shape index (κ2) is 6.16. The lowest BCUT2D eigenvalue weighted by Gasteiger charge is -2.20. The molecule has 0 fully saturated rings. The number of aliphatic hydroxyl groups is 1. The molecule has 0 spiro atoms. The van der Waals surface area contributed by atoms with Gasteiger partial charge in [-0.15, -0.1) is 0 Å². The minimum absolute atomic E-state index is 0.192. The van der Waals surface area contributed by atoms with Crippen LogP contribution in [0.3, 0.4) is 0 Å². The molecule has 8 N–H and O–H groups in total. The summed E-state index contributed by atoms with van der Waals surface area (Å²) in [6.07, 6.45) is 0.630. The molecule has 0 aromatic heterocycles. The Hall–Kier alpha value is -1.67. The van der Waals surface area contributed by atoms with Gasteiger partial charge in [-0.05, 0) is 19.8 Å². The van der Waals surface area contributed by atoms with Gasteiger partial charge in [0.05, 0.1) is 6.04 Å². The first-order valence-electron chi connectivity index (χ1n) is 5.03. The molecule has 1 unspecified atom stereocenters. The van der Waals surface area contributed by atoms with Crippen LogP contribution in [0.25, 0.3) is 0 Å². The molecule has 0 aliphatic heterocycles. The van der Waals surface area contributed by atoms with E-state index in [1.165, 1.54) is 0 Å². The van der Waals surface area contributed by atoms with Gasteiger partial charge in [-0.25, -0.2) is 4.79 Å². The molecule has 0 aliphatic carbocycles. The van der Waals surface area contributed by atoms with E-state index in [1.807, 2.05) is 0 Å². The molecule has 0 saturated carbocycles. The van der Waals surface area contributed by atoms with Crippen LogP contribution in [0.4, 0.5) is 0 Å². The minimum Gasteiger partial charge on any atom is -0.479 e. The monoisotopic (exact) mass is 246 g/mol. The predicted molar refractivity (Wildman–Crippen MR) is 60.4 cm³/mol. The van der Waals surface area contributed by atoms with E-state index in [9.17, 15) is 14.7 Å². The molecular formula is C9H18N4O4. The molecule has 0 rings (SSSR count). The number of carbonyl (C=O) groups excluding carboxylic acids is 1. The van der Waals surface area contributed by atoms with Crippen molar-refractivity contribution in [1.82, 2.24) is 5.32 Å². The number of carboxylic acids is 1. The fraction of sp³-hybridized carbons (Fsp3) is 0.667. The summed E-state index contributed by atoms with van der Waals surface area (Å²) in [7, 11) is 0. The van der Waals surface area contributed by atoms with Crippen molar-refractivity contribution in [3.05, 3.63) is 0 Å². The summed E-state index contributed by atoms with van der Waals surface area (Å²) in [6.45, 7) is 1.25. The second-order valence-electron chi connectivity index (χ2n) is 3.83. The van der Waals surface area contributed by atoms with Crippen molar-refractivity contribution < 1.29 is 19.8 Å². The number of rotatable bonds is 7. The summed E-state index contributed by atoms with van der Waals surface area (Å²) >= 11 is 0. The fourth-order valence-electron chi connectivity index (χ4n) is 1.14. The Morgan fingerprint density at radius 2 is 2.06 bits per heavy atom. The van der Waals surface area contributed by atoms with Crippen molar-refractivity contribution in [1.29, 1.82) is 5.41 Å². The van der Waals surface area contributed by atoms with Crippen LogP contribution in [0.5, 0.6) is 0 Å².